The monoisotopic (exact) mass is 476 g/mol. The van der Waals surface area contributed by atoms with E-state index in [4.69, 9.17) is 16.3 Å². The molecule has 0 saturated heterocycles. The van der Waals surface area contributed by atoms with Crippen molar-refractivity contribution >= 4 is 23.4 Å². The van der Waals surface area contributed by atoms with Crippen LogP contribution in [0.2, 0.25) is 5.02 Å². The number of ether oxygens (including phenoxy) is 1. The summed E-state index contributed by atoms with van der Waals surface area (Å²) in [6.07, 6.45) is -2.93. The Bertz CT molecular complexity index is 1090. The van der Waals surface area contributed by atoms with Crippen molar-refractivity contribution in [3.63, 3.8) is 0 Å². The molecule has 3 aromatic rings. The highest BCUT2D eigenvalue weighted by Gasteiger charge is 2.36. The number of nitriles is 1. The standard InChI is InChI=1S/C24H20ClF3N2OS/c1-2-3-12-32-23-20(14-29)21(24(26,27)28)13-22(30-23)17-6-10-19(11-7-17)31-15-16-4-8-18(25)9-5-16/h4-11,13H,2-3,12,15H2,1H3. The van der Waals surface area contributed by atoms with E-state index in [1.54, 1.807) is 42.5 Å². The first-order valence-corrected chi connectivity index (χ1v) is 11.3. The van der Waals surface area contributed by atoms with Crippen molar-refractivity contribution < 1.29 is 17.9 Å². The first-order valence-electron chi connectivity index (χ1n) is 9.94. The molecule has 166 valence electrons. The van der Waals surface area contributed by atoms with Gasteiger partial charge in [-0.2, -0.15) is 18.4 Å². The third kappa shape index (κ3) is 6.18. The molecule has 0 bridgehead atoms. The van der Waals surface area contributed by atoms with Crippen molar-refractivity contribution in [3.05, 3.63) is 76.3 Å². The molecule has 0 aliphatic rings. The van der Waals surface area contributed by atoms with Gasteiger partial charge in [0.2, 0.25) is 0 Å². The third-order valence-electron chi connectivity index (χ3n) is 4.61. The van der Waals surface area contributed by atoms with Gasteiger partial charge in [-0.05, 0) is 60.2 Å². The van der Waals surface area contributed by atoms with Crippen LogP contribution in [-0.2, 0) is 12.8 Å². The zero-order valence-corrected chi connectivity index (χ0v) is 18.8. The molecule has 0 amide bonds. The first kappa shape index (κ1) is 24.0. The second-order valence-electron chi connectivity index (χ2n) is 6.99. The number of benzene rings is 2. The lowest BCUT2D eigenvalue weighted by Gasteiger charge is -2.14. The van der Waals surface area contributed by atoms with Crippen LogP contribution in [0.15, 0.2) is 59.6 Å². The lowest BCUT2D eigenvalue weighted by atomic mass is 10.1. The summed E-state index contributed by atoms with van der Waals surface area (Å²) in [5.74, 6) is 1.17. The lowest BCUT2D eigenvalue weighted by molar-refractivity contribution is -0.138. The summed E-state index contributed by atoms with van der Waals surface area (Å²) < 4.78 is 46.6. The molecule has 3 rings (SSSR count). The van der Waals surface area contributed by atoms with Crippen molar-refractivity contribution in [2.75, 3.05) is 5.75 Å². The maximum Gasteiger partial charge on any atom is 0.417 e. The van der Waals surface area contributed by atoms with Crippen molar-refractivity contribution in [2.24, 2.45) is 0 Å². The molecule has 1 aromatic heterocycles. The molecule has 32 heavy (non-hydrogen) atoms. The summed E-state index contributed by atoms with van der Waals surface area (Å²) in [5, 5.41) is 10.1. The molecular weight excluding hydrogens is 457 g/mol. The molecule has 0 atom stereocenters. The molecule has 3 nitrogen and oxygen atoms in total. The van der Waals surface area contributed by atoms with Gasteiger partial charge >= 0.3 is 6.18 Å². The summed E-state index contributed by atoms with van der Waals surface area (Å²) in [6, 6.07) is 16.6. The van der Waals surface area contributed by atoms with Crippen LogP contribution >= 0.6 is 23.4 Å². The largest absolute Gasteiger partial charge is 0.489 e. The molecule has 1 heterocycles. The Balaban J connectivity index is 1.86. The van der Waals surface area contributed by atoms with Crippen LogP contribution in [0.3, 0.4) is 0 Å². The number of hydrogen-bond acceptors (Lipinski definition) is 4. The Hall–Kier alpha value is -2.69. The molecule has 0 N–H and O–H groups in total. The Labute approximate surface area is 194 Å². The van der Waals surface area contributed by atoms with Crippen LogP contribution in [0.4, 0.5) is 13.2 Å². The number of halogens is 4. The molecular formula is C24H20ClF3N2OS. The highest BCUT2D eigenvalue weighted by molar-refractivity contribution is 7.99. The summed E-state index contributed by atoms with van der Waals surface area (Å²) >= 11 is 7.05. The minimum Gasteiger partial charge on any atom is -0.489 e. The summed E-state index contributed by atoms with van der Waals surface area (Å²) in [7, 11) is 0. The Morgan fingerprint density at radius 3 is 2.38 bits per heavy atom. The smallest absolute Gasteiger partial charge is 0.417 e. The number of unbranched alkanes of at least 4 members (excludes halogenated alkanes) is 1. The number of pyridine rings is 1. The van der Waals surface area contributed by atoms with Crippen LogP contribution in [0.25, 0.3) is 11.3 Å². The van der Waals surface area contributed by atoms with Crippen molar-refractivity contribution in [1.82, 2.24) is 4.98 Å². The van der Waals surface area contributed by atoms with Crippen LogP contribution in [0.1, 0.15) is 36.5 Å². The van der Waals surface area contributed by atoms with Gasteiger partial charge in [0.1, 0.15) is 23.5 Å². The van der Waals surface area contributed by atoms with Gasteiger partial charge in [-0.15, -0.1) is 11.8 Å². The quantitative estimate of drug-likeness (QED) is 0.246. The molecule has 0 aliphatic carbocycles. The van der Waals surface area contributed by atoms with E-state index in [0.29, 0.717) is 28.7 Å². The number of hydrogen-bond donors (Lipinski definition) is 0. The predicted octanol–water partition coefficient (Wildman–Crippen LogP) is 7.76. The zero-order chi connectivity index (χ0) is 23.1. The molecule has 0 saturated carbocycles. The minimum atomic E-state index is -4.65. The van der Waals surface area contributed by atoms with E-state index in [2.05, 4.69) is 4.98 Å². The third-order valence-corrected chi connectivity index (χ3v) is 5.92. The normalized spacial score (nSPS) is 11.2. The SMILES string of the molecule is CCCCSc1nc(-c2ccc(OCc3ccc(Cl)cc3)cc2)cc(C(F)(F)F)c1C#N. The summed E-state index contributed by atoms with van der Waals surface area (Å²) in [4.78, 5) is 4.38. The maximum atomic E-state index is 13.6. The minimum absolute atomic E-state index is 0.105. The average Bonchev–Trinajstić information content (AvgIpc) is 2.78. The van der Waals surface area contributed by atoms with Crippen LogP contribution in [-0.4, -0.2) is 10.7 Å². The number of nitrogens with zero attached hydrogens (tertiary/aromatic N) is 2. The molecule has 0 spiro atoms. The van der Waals surface area contributed by atoms with Crippen molar-refractivity contribution in [3.8, 4) is 23.1 Å². The fourth-order valence-corrected chi connectivity index (χ4v) is 4.10. The van der Waals surface area contributed by atoms with Crippen LogP contribution in [0, 0.1) is 11.3 Å². The maximum absolute atomic E-state index is 13.6. The molecule has 0 radical (unpaired) electrons. The summed E-state index contributed by atoms with van der Waals surface area (Å²) in [5.41, 5.74) is 0.226. The van der Waals surface area contributed by atoms with Gasteiger partial charge in [0.25, 0.3) is 0 Å². The van der Waals surface area contributed by atoms with Crippen molar-refractivity contribution in [1.29, 1.82) is 5.26 Å². The number of rotatable bonds is 8. The first-order chi connectivity index (χ1) is 15.3. The van der Waals surface area contributed by atoms with E-state index in [1.165, 1.54) is 11.8 Å². The van der Waals surface area contributed by atoms with Crippen LogP contribution in [0.5, 0.6) is 5.75 Å². The fraction of sp³-hybridized carbons (Fsp3) is 0.250. The predicted molar refractivity (Wildman–Crippen MR) is 121 cm³/mol. The molecule has 2 aromatic carbocycles. The average molecular weight is 477 g/mol. The van der Waals surface area contributed by atoms with Gasteiger partial charge < -0.3 is 4.74 Å². The van der Waals surface area contributed by atoms with Gasteiger partial charge in [-0.3, -0.25) is 0 Å². The van der Waals surface area contributed by atoms with Gasteiger partial charge in [0, 0.05) is 10.6 Å². The number of aromatic nitrogens is 1. The van der Waals surface area contributed by atoms with Gasteiger partial charge in [0.05, 0.1) is 16.8 Å². The molecule has 8 heteroatoms. The number of alkyl halides is 3. The van der Waals surface area contributed by atoms with E-state index in [9.17, 15) is 18.4 Å². The van der Waals surface area contributed by atoms with E-state index in [1.807, 2.05) is 19.1 Å². The van der Waals surface area contributed by atoms with E-state index in [0.717, 1.165) is 24.5 Å². The van der Waals surface area contributed by atoms with Gasteiger partial charge in [0.15, 0.2) is 0 Å². The summed E-state index contributed by atoms with van der Waals surface area (Å²) in [6.45, 7) is 2.33. The highest BCUT2D eigenvalue weighted by atomic mass is 35.5. The van der Waals surface area contributed by atoms with Crippen LogP contribution < -0.4 is 4.74 Å². The Kier molecular flexibility index (Phi) is 8.05. The molecule has 0 fully saturated rings. The highest BCUT2D eigenvalue weighted by Crippen LogP contribution is 2.38. The Morgan fingerprint density at radius 2 is 1.78 bits per heavy atom. The molecule has 0 aliphatic heterocycles. The van der Waals surface area contributed by atoms with Gasteiger partial charge in [-0.25, -0.2) is 4.98 Å². The molecule has 0 unspecified atom stereocenters. The second kappa shape index (κ2) is 10.8. The van der Waals surface area contributed by atoms with E-state index in [-0.39, 0.29) is 10.7 Å². The second-order valence-corrected chi connectivity index (χ2v) is 8.51. The van der Waals surface area contributed by atoms with E-state index >= 15 is 0 Å². The van der Waals surface area contributed by atoms with Crippen molar-refractivity contribution in [2.45, 2.75) is 37.6 Å². The lowest BCUT2D eigenvalue weighted by Crippen LogP contribution is -2.10. The van der Waals surface area contributed by atoms with E-state index < -0.39 is 17.3 Å². The fourth-order valence-electron chi connectivity index (χ4n) is 2.89. The van der Waals surface area contributed by atoms with Gasteiger partial charge in [-0.1, -0.05) is 37.1 Å². The Morgan fingerprint density at radius 1 is 1.09 bits per heavy atom. The number of thioether (sulfide) groups is 1. The topological polar surface area (TPSA) is 45.9 Å². The zero-order valence-electron chi connectivity index (χ0n) is 17.2.